The molecule has 82 valence electrons. The Morgan fingerprint density at radius 2 is 2.19 bits per heavy atom. The van der Waals surface area contributed by atoms with Crippen molar-refractivity contribution >= 4 is 16.8 Å². The molecule has 3 rings (SSSR count). The molecule has 3 nitrogen and oxygen atoms in total. The number of aryl methyl sites for hydroxylation is 1. The molecule has 0 aliphatic heterocycles. The highest BCUT2D eigenvalue weighted by atomic mass is 16.1. The third-order valence-electron chi connectivity index (χ3n) is 3.44. The van der Waals surface area contributed by atoms with Crippen molar-refractivity contribution < 1.29 is 4.79 Å². The van der Waals surface area contributed by atoms with Crippen LogP contribution < -0.4 is 5.73 Å². The van der Waals surface area contributed by atoms with E-state index in [0.717, 1.165) is 35.7 Å². The topological polar surface area (TPSA) is 58.9 Å². The molecule has 1 aliphatic carbocycles. The first-order valence-corrected chi connectivity index (χ1v) is 5.66. The molecule has 3 N–H and O–H groups in total. The predicted octanol–water partition coefficient (Wildman–Crippen LogP) is 2.07. The number of nitrogens with one attached hydrogen (secondary N) is 1. The van der Waals surface area contributed by atoms with Gasteiger partial charge in [0.15, 0.2) is 0 Å². The maximum Gasteiger partial charge on any atom is 0.225 e. The number of aromatic amines is 1. The highest BCUT2D eigenvalue weighted by molar-refractivity contribution is 5.92. The van der Waals surface area contributed by atoms with Crippen molar-refractivity contribution in [1.29, 1.82) is 0 Å². The zero-order valence-corrected chi connectivity index (χ0v) is 8.99. The van der Waals surface area contributed by atoms with Crippen LogP contribution in [0.25, 0.3) is 10.9 Å². The summed E-state index contributed by atoms with van der Waals surface area (Å²) in [4.78, 5) is 14.9. The Balaban J connectivity index is 2.28. The van der Waals surface area contributed by atoms with Gasteiger partial charge in [-0.3, -0.25) is 4.79 Å². The Hall–Kier alpha value is -1.77. The van der Waals surface area contributed by atoms with Gasteiger partial charge in [-0.05, 0) is 30.9 Å². The summed E-state index contributed by atoms with van der Waals surface area (Å²) in [5.74, 6) is -0.314. The second kappa shape index (κ2) is 3.37. The summed E-state index contributed by atoms with van der Waals surface area (Å²) in [7, 11) is 0. The van der Waals surface area contributed by atoms with E-state index in [1.165, 1.54) is 5.69 Å². The first-order chi connectivity index (χ1) is 7.77. The molecule has 1 aliphatic rings. The quantitative estimate of drug-likeness (QED) is 0.750. The third-order valence-corrected chi connectivity index (χ3v) is 3.44. The van der Waals surface area contributed by atoms with E-state index in [9.17, 15) is 4.79 Å². The number of hydrogen-bond acceptors (Lipinski definition) is 1. The van der Waals surface area contributed by atoms with Crippen molar-refractivity contribution in [1.82, 2.24) is 4.98 Å². The minimum absolute atomic E-state index is 0.111. The number of rotatable bonds is 1. The summed E-state index contributed by atoms with van der Waals surface area (Å²) in [6.07, 6.45) is 2.94. The van der Waals surface area contributed by atoms with E-state index >= 15 is 0 Å². The van der Waals surface area contributed by atoms with Gasteiger partial charge >= 0.3 is 0 Å². The molecule has 1 aromatic heterocycles. The number of carbonyl (C=O) groups excluding carboxylic acids is 1. The number of carbonyl (C=O) groups is 1. The van der Waals surface area contributed by atoms with Crippen molar-refractivity contribution in [2.45, 2.75) is 25.2 Å². The molecule has 1 unspecified atom stereocenters. The van der Waals surface area contributed by atoms with E-state index in [-0.39, 0.29) is 11.8 Å². The molecule has 0 spiro atoms. The number of hydrogen-bond donors (Lipinski definition) is 2. The van der Waals surface area contributed by atoms with E-state index in [4.69, 9.17) is 5.73 Å². The number of aromatic nitrogens is 1. The fraction of sp³-hybridized carbons (Fsp3) is 0.308. The molecule has 0 saturated heterocycles. The highest BCUT2D eigenvalue weighted by Crippen LogP contribution is 2.36. The van der Waals surface area contributed by atoms with Crippen molar-refractivity contribution in [3.63, 3.8) is 0 Å². The largest absolute Gasteiger partial charge is 0.369 e. The summed E-state index contributed by atoms with van der Waals surface area (Å²) in [5, 5.41) is 1.15. The average molecular weight is 214 g/mol. The summed E-state index contributed by atoms with van der Waals surface area (Å²) in [6, 6.07) is 8.12. The van der Waals surface area contributed by atoms with Crippen LogP contribution in [0.2, 0.25) is 0 Å². The lowest BCUT2D eigenvalue weighted by atomic mass is 9.85. The normalized spacial score (nSPS) is 19.6. The molecule has 2 aromatic rings. The molecule has 1 amide bonds. The van der Waals surface area contributed by atoms with Crippen molar-refractivity contribution in [2.24, 2.45) is 5.73 Å². The predicted molar refractivity (Wildman–Crippen MR) is 63.2 cm³/mol. The highest BCUT2D eigenvalue weighted by Gasteiger charge is 2.27. The standard InChI is InChI=1S/C13H14N2O/c14-13(16)9-5-3-7-11-12(9)8-4-1-2-6-10(8)15-11/h1-2,4,6,9,15H,3,5,7H2,(H2,14,16). The average Bonchev–Trinajstić information content (AvgIpc) is 2.66. The second-order valence-electron chi connectivity index (χ2n) is 4.41. The summed E-state index contributed by atoms with van der Waals surface area (Å²) < 4.78 is 0. The van der Waals surface area contributed by atoms with Gasteiger partial charge < -0.3 is 10.7 Å². The number of H-pyrrole nitrogens is 1. The molecule has 0 fully saturated rings. The van der Waals surface area contributed by atoms with Gasteiger partial charge in [-0.2, -0.15) is 0 Å². The zero-order valence-electron chi connectivity index (χ0n) is 8.99. The lowest BCUT2D eigenvalue weighted by Gasteiger charge is -2.19. The van der Waals surface area contributed by atoms with Crippen LogP contribution in [0.15, 0.2) is 24.3 Å². The fourth-order valence-electron chi connectivity index (χ4n) is 2.73. The van der Waals surface area contributed by atoms with Gasteiger partial charge in [0.05, 0.1) is 5.92 Å². The number of benzene rings is 1. The van der Waals surface area contributed by atoms with Crippen LogP contribution in [0.5, 0.6) is 0 Å². The first kappa shape index (κ1) is 9.46. The second-order valence-corrected chi connectivity index (χ2v) is 4.41. The summed E-state index contributed by atoms with van der Waals surface area (Å²) in [6.45, 7) is 0. The SMILES string of the molecule is NC(=O)C1CCCc2[nH]c3ccccc3c21. The van der Waals surface area contributed by atoms with Crippen LogP contribution in [-0.2, 0) is 11.2 Å². The molecule has 3 heteroatoms. The minimum Gasteiger partial charge on any atom is -0.369 e. The molecule has 1 atom stereocenters. The summed E-state index contributed by atoms with van der Waals surface area (Å²) >= 11 is 0. The van der Waals surface area contributed by atoms with Crippen molar-refractivity contribution in [2.75, 3.05) is 0 Å². The number of nitrogens with two attached hydrogens (primary N) is 1. The molecular weight excluding hydrogens is 200 g/mol. The van der Waals surface area contributed by atoms with Gasteiger partial charge in [0.25, 0.3) is 0 Å². The maximum absolute atomic E-state index is 11.5. The first-order valence-electron chi connectivity index (χ1n) is 5.66. The van der Waals surface area contributed by atoms with E-state index in [1.807, 2.05) is 18.2 Å². The minimum atomic E-state index is -0.203. The van der Waals surface area contributed by atoms with Crippen LogP contribution in [0.4, 0.5) is 0 Å². The van der Waals surface area contributed by atoms with E-state index in [0.29, 0.717) is 0 Å². The monoisotopic (exact) mass is 214 g/mol. The molecule has 0 radical (unpaired) electrons. The van der Waals surface area contributed by atoms with E-state index in [2.05, 4.69) is 11.1 Å². The van der Waals surface area contributed by atoms with Crippen LogP contribution in [0, 0.1) is 0 Å². The Kier molecular flexibility index (Phi) is 1.99. The van der Waals surface area contributed by atoms with E-state index in [1.54, 1.807) is 0 Å². The molecule has 0 bridgehead atoms. The van der Waals surface area contributed by atoms with Gasteiger partial charge in [-0.25, -0.2) is 0 Å². The van der Waals surface area contributed by atoms with Crippen LogP contribution in [0.1, 0.15) is 30.0 Å². The fourth-order valence-corrected chi connectivity index (χ4v) is 2.73. The Labute approximate surface area is 93.6 Å². The van der Waals surface area contributed by atoms with Crippen LogP contribution in [0.3, 0.4) is 0 Å². The Morgan fingerprint density at radius 1 is 1.38 bits per heavy atom. The smallest absolute Gasteiger partial charge is 0.225 e. The van der Waals surface area contributed by atoms with Crippen molar-refractivity contribution in [3.05, 3.63) is 35.5 Å². The maximum atomic E-state index is 11.5. The lowest BCUT2D eigenvalue weighted by molar-refractivity contribution is -0.119. The van der Waals surface area contributed by atoms with Crippen molar-refractivity contribution in [3.8, 4) is 0 Å². The van der Waals surface area contributed by atoms with Gasteiger partial charge in [0.1, 0.15) is 0 Å². The molecule has 0 saturated carbocycles. The molecule has 16 heavy (non-hydrogen) atoms. The molecule has 1 aromatic carbocycles. The number of para-hydroxylation sites is 1. The van der Waals surface area contributed by atoms with Gasteiger partial charge in [0.2, 0.25) is 5.91 Å². The van der Waals surface area contributed by atoms with Gasteiger partial charge in [0, 0.05) is 16.6 Å². The number of primary amides is 1. The zero-order chi connectivity index (χ0) is 11.1. The van der Waals surface area contributed by atoms with Gasteiger partial charge in [-0.1, -0.05) is 18.2 Å². The van der Waals surface area contributed by atoms with Crippen LogP contribution in [-0.4, -0.2) is 10.9 Å². The third kappa shape index (κ3) is 1.24. The summed E-state index contributed by atoms with van der Waals surface area (Å²) in [5.41, 5.74) is 8.92. The Morgan fingerprint density at radius 3 is 3.00 bits per heavy atom. The number of amides is 1. The van der Waals surface area contributed by atoms with Crippen LogP contribution >= 0.6 is 0 Å². The lowest BCUT2D eigenvalue weighted by Crippen LogP contribution is -2.24. The molecule has 1 heterocycles. The number of fused-ring (bicyclic) bond motifs is 3. The van der Waals surface area contributed by atoms with Gasteiger partial charge in [-0.15, -0.1) is 0 Å². The van der Waals surface area contributed by atoms with E-state index < -0.39 is 0 Å². The Bertz CT molecular complexity index is 556. The molecular formula is C13H14N2O.